The highest BCUT2D eigenvalue weighted by atomic mass is 35.5. The number of amides is 1. The molecule has 2 N–H and O–H groups in total. The molecule has 3 heterocycles. The maximum absolute atomic E-state index is 13.4. The van der Waals surface area contributed by atoms with Crippen LogP contribution in [0.5, 0.6) is 0 Å². The van der Waals surface area contributed by atoms with Crippen LogP contribution in [0.25, 0.3) is 11.0 Å². The Morgan fingerprint density at radius 1 is 1.33 bits per heavy atom. The standard InChI is InChI=1S/C20H29N5O3.2ClH/c1-5-8-25-17-16(18(26)23-20(25)28)14(10-15(22-17)12(2)3)19(27)24-9-6-7-13(11-24)21-4;;/h10,12-13,21H,5-9,11H2,1-4H3,(H,23,26,28);2*1H. The van der Waals surface area contributed by atoms with Crippen molar-refractivity contribution in [2.45, 2.75) is 58.5 Å². The van der Waals surface area contributed by atoms with Crippen LogP contribution in [0.4, 0.5) is 0 Å². The minimum absolute atomic E-state index is 0. The minimum Gasteiger partial charge on any atom is -0.337 e. The van der Waals surface area contributed by atoms with Gasteiger partial charge in [0.25, 0.3) is 11.5 Å². The van der Waals surface area contributed by atoms with E-state index >= 15 is 0 Å². The molecule has 2 aromatic rings. The minimum atomic E-state index is -0.555. The molecule has 8 nitrogen and oxygen atoms in total. The van der Waals surface area contributed by atoms with Crippen molar-refractivity contribution in [2.24, 2.45) is 0 Å². The molecule has 0 aliphatic carbocycles. The molecule has 0 saturated carbocycles. The topological polar surface area (TPSA) is 100 Å². The van der Waals surface area contributed by atoms with Gasteiger partial charge in [-0.2, -0.15) is 0 Å². The third kappa shape index (κ3) is 5.04. The molecule has 1 aliphatic rings. The highest BCUT2D eigenvalue weighted by molar-refractivity contribution is 6.05. The summed E-state index contributed by atoms with van der Waals surface area (Å²) in [5.41, 5.74) is 0.289. The lowest BCUT2D eigenvalue weighted by molar-refractivity contribution is 0.0700. The van der Waals surface area contributed by atoms with Crippen molar-refractivity contribution < 1.29 is 4.79 Å². The van der Waals surface area contributed by atoms with Gasteiger partial charge in [-0.15, -0.1) is 24.8 Å². The zero-order chi connectivity index (χ0) is 20.4. The van der Waals surface area contributed by atoms with Crippen molar-refractivity contribution in [1.29, 1.82) is 0 Å². The summed E-state index contributed by atoms with van der Waals surface area (Å²) < 4.78 is 1.46. The van der Waals surface area contributed by atoms with Gasteiger partial charge in [-0.05, 0) is 38.3 Å². The first-order valence-electron chi connectivity index (χ1n) is 10.0. The van der Waals surface area contributed by atoms with E-state index in [1.165, 1.54) is 4.57 Å². The fourth-order valence-corrected chi connectivity index (χ4v) is 3.76. The Balaban J connectivity index is 0.00000225. The van der Waals surface area contributed by atoms with E-state index in [9.17, 15) is 14.4 Å². The molecule has 1 fully saturated rings. The van der Waals surface area contributed by atoms with Crippen molar-refractivity contribution >= 4 is 41.8 Å². The van der Waals surface area contributed by atoms with Gasteiger partial charge in [-0.3, -0.25) is 19.1 Å². The molecule has 0 radical (unpaired) electrons. The first kappa shape index (κ1) is 26.1. The van der Waals surface area contributed by atoms with Crippen LogP contribution >= 0.6 is 24.8 Å². The van der Waals surface area contributed by atoms with Crippen molar-refractivity contribution in [3.8, 4) is 0 Å². The van der Waals surface area contributed by atoms with Crippen molar-refractivity contribution in [1.82, 2.24) is 24.8 Å². The Morgan fingerprint density at radius 2 is 2.03 bits per heavy atom. The number of aromatic nitrogens is 3. The summed E-state index contributed by atoms with van der Waals surface area (Å²) in [6.07, 6.45) is 2.65. The SMILES string of the molecule is CCCn1c(=O)[nH]c(=O)c2c(C(=O)N3CCCC(NC)C3)cc(C(C)C)nc21.Cl.Cl. The van der Waals surface area contributed by atoms with E-state index in [0.29, 0.717) is 43.0 Å². The summed E-state index contributed by atoms with van der Waals surface area (Å²) in [5, 5.41) is 3.43. The third-order valence-corrected chi connectivity index (χ3v) is 5.35. The molecule has 1 amide bonds. The summed E-state index contributed by atoms with van der Waals surface area (Å²) in [7, 11) is 1.89. The monoisotopic (exact) mass is 459 g/mol. The van der Waals surface area contributed by atoms with Gasteiger partial charge in [0.05, 0.1) is 10.9 Å². The van der Waals surface area contributed by atoms with Crippen molar-refractivity contribution in [3.63, 3.8) is 0 Å². The fourth-order valence-electron chi connectivity index (χ4n) is 3.76. The summed E-state index contributed by atoms with van der Waals surface area (Å²) in [6.45, 7) is 7.60. The predicted molar refractivity (Wildman–Crippen MR) is 123 cm³/mol. The number of nitrogens with one attached hydrogen (secondary N) is 2. The van der Waals surface area contributed by atoms with Crippen LogP contribution in [-0.4, -0.2) is 51.5 Å². The second-order valence-corrected chi connectivity index (χ2v) is 7.74. The zero-order valence-electron chi connectivity index (χ0n) is 17.9. The number of carbonyl (C=O) groups is 1. The molecule has 2 aromatic heterocycles. The molecule has 1 aliphatic heterocycles. The number of aryl methyl sites for hydroxylation is 1. The molecule has 1 unspecified atom stereocenters. The van der Waals surface area contributed by atoms with Gasteiger partial charge in [-0.25, -0.2) is 9.78 Å². The van der Waals surface area contributed by atoms with Crippen LogP contribution < -0.4 is 16.6 Å². The van der Waals surface area contributed by atoms with E-state index in [4.69, 9.17) is 0 Å². The molecular formula is C20H31Cl2N5O3. The van der Waals surface area contributed by atoms with Crippen LogP contribution in [0.2, 0.25) is 0 Å². The highest BCUT2D eigenvalue weighted by Crippen LogP contribution is 2.22. The molecule has 30 heavy (non-hydrogen) atoms. The molecule has 1 saturated heterocycles. The Bertz CT molecular complexity index is 1000. The third-order valence-electron chi connectivity index (χ3n) is 5.35. The number of likely N-dealkylation sites (tertiary alicyclic amines) is 1. The van der Waals surface area contributed by atoms with Gasteiger partial charge in [0.15, 0.2) is 5.65 Å². The number of pyridine rings is 1. The number of carbonyl (C=O) groups excluding carboxylic acids is 1. The van der Waals surface area contributed by atoms with Crippen molar-refractivity contribution in [2.75, 3.05) is 20.1 Å². The van der Waals surface area contributed by atoms with Crippen LogP contribution in [0.1, 0.15) is 62.0 Å². The molecule has 0 bridgehead atoms. The number of H-pyrrole nitrogens is 1. The smallest absolute Gasteiger partial charge is 0.329 e. The number of hydrogen-bond donors (Lipinski definition) is 2. The van der Waals surface area contributed by atoms with E-state index in [1.807, 2.05) is 27.8 Å². The Hall–Kier alpha value is -1.90. The maximum Gasteiger partial charge on any atom is 0.329 e. The molecule has 0 aromatic carbocycles. The molecule has 0 spiro atoms. The first-order chi connectivity index (χ1) is 13.4. The lowest BCUT2D eigenvalue weighted by atomic mass is 10.0. The molecule has 10 heteroatoms. The summed E-state index contributed by atoms with van der Waals surface area (Å²) in [6, 6.07) is 1.96. The van der Waals surface area contributed by atoms with Gasteiger partial charge in [0.1, 0.15) is 0 Å². The zero-order valence-corrected chi connectivity index (χ0v) is 19.5. The van der Waals surface area contributed by atoms with Gasteiger partial charge in [0.2, 0.25) is 0 Å². The van der Waals surface area contributed by atoms with E-state index in [-0.39, 0.29) is 48.1 Å². The second-order valence-electron chi connectivity index (χ2n) is 7.74. The molecule has 168 valence electrons. The molecular weight excluding hydrogens is 429 g/mol. The van der Waals surface area contributed by atoms with Crippen molar-refractivity contribution in [3.05, 3.63) is 38.2 Å². The number of rotatable bonds is 5. The Kier molecular flexibility index (Phi) is 9.52. The first-order valence-corrected chi connectivity index (χ1v) is 10.0. The summed E-state index contributed by atoms with van der Waals surface area (Å²) in [4.78, 5) is 47.2. The number of piperidine rings is 1. The lowest BCUT2D eigenvalue weighted by Crippen LogP contribution is -2.47. The quantitative estimate of drug-likeness (QED) is 0.713. The van der Waals surface area contributed by atoms with Gasteiger partial charge in [-0.1, -0.05) is 20.8 Å². The average molecular weight is 460 g/mol. The highest BCUT2D eigenvalue weighted by Gasteiger charge is 2.27. The lowest BCUT2D eigenvalue weighted by Gasteiger charge is -2.33. The second kappa shape index (κ2) is 10.9. The fraction of sp³-hybridized carbons (Fsp3) is 0.600. The van der Waals surface area contributed by atoms with Gasteiger partial charge in [0, 0.05) is 31.4 Å². The number of halogens is 2. The largest absolute Gasteiger partial charge is 0.337 e. The number of fused-ring (bicyclic) bond motifs is 1. The Morgan fingerprint density at radius 3 is 2.63 bits per heavy atom. The number of hydrogen-bond acceptors (Lipinski definition) is 5. The summed E-state index contributed by atoms with van der Waals surface area (Å²) in [5.74, 6) is -0.117. The molecule has 1 atom stereocenters. The van der Waals surface area contributed by atoms with E-state index in [2.05, 4.69) is 15.3 Å². The molecule has 3 rings (SSSR count). The summed E-state index contributed by atoms with van der Waals surface area (Å²) >= 11 is 0. The van der Waals surface area contributed by atoms with Gasteiger partial charge < -0.3 is 10.2 Å². The van der Waals surface area contributed by atoms with Crippen LogP contribution in [0.15, 0.2) is 15.7 Å². The normalized spacial score (nSPS) is 16.3. The van der Waals surface area contributed by atoms with Gasteiger partial charge >= 0.3 is 5.69 Å². The van der Waals surface area contributed by atoms with E-state index in [0.717, 1.165) is 12.8 Å². The van der Waals surface area contributed by atoms with E-state index in [1.54, 1.807) is 11.0 Å². The average Bonchev–Trinajstić information content (AvgIpc) is 2.69. The van der Waals surface area contributed by atoms with Crippen LogP contribution in [0.3, 0.4) is 0 Å². The number of likely N-dealkylation sites (N-methyl/N-ethyl adjacent to an activating group) is 1. The predicted octanol–water partition coefficient (Wildman–Crippen LogP) is 2.29. The maximum atomic E-state index is 13.4. The number of aromatic amines is 1. The van der Waals surface area contributed by atoms with Crippen LogP contribution in [-0.2, 0) is 6.54 Å². The number of nitrogens with zero attached hydrogens (tertiary/aromatic N) is 3. The Labute approximate surface area is 188 Å². The van der Waals surface area contributed by atoms with E-state index < -0.39 is 11.2 Å². The van der Waals surface area contributed by atoms with Crippen LogP contribution in [0, 0.1) is 0 Å².